The Hall–Kier alpha value is -1.75. The van der Waals surface area contributed by atoms with Gasteiger partial charge in [-0.15, -0.1) is 0 Å². The summed E-state index contributed by atoms with van der Waals surface area (Å²) < 4.78 is 10.6. The first-order chi connectivity index (χ1) is 9.24. The van der Waals surface area contributed by atoms with Gasteiger partial charge in [-0.3, -0.25) is 4.79 Å². The van der Waals surface area contributed by atoms with Crippen molar-refractivity contribution in [3.8, 4) is 5.75 Å². The van der Waals surface area contributed by atoms with Crippen molar-refractivity contribution in [2.24, 2.45) is 0 Å². The van der Waals surface area contributed by atoms with E-state index >= 15 is 0 Å². The largest absolute Gasteiger partial charge is 0.497 e. The highest BCUT2D eigenvalue weighted by molar-refractivity contribution is 5.94. The number of carbonyl (C=O) groups excluding carboxylic acids is 1. The van der Waals surface area contributed by atoms with Crippen LogP contribution in [-0.4, -0.2) is 39.3 Å². The Morgan fingerprint density at radius 3 is 2.79 bits per heavy atom. The number of anilines is 2. The minimum Gasteiger partial charge on any atom is -0.497 e. The molecule has 0 aliphatic carbocycles. The molecule has 0 spiro atoms. The van der Waals surface area contributed by atoms with Crippen LogP contribution < -0.4 is 15.0 Å². The second kappa shape index (κ2) is 6.43. The number of ether oxygens (including phenoxy) is 2. The highest BCUT2D eigenvalue weighted by Gasteiger charge is 2.16. The van der Waals surface area contributed by atoms with Crippen molar-refractivity contribution in [3.63, 3.8) is 0 Å². The number of rotatable bonds is 4. The van der Waals surface area contributed by atoms with Gasteiger partial charge < -0.3 is 19.7 Å². The molecule has 2 rings (SSSR count). The van der Waals surface area contributed by atoms with Crippen molar-refractivity contribution >= 4 is 17.3 Å². The lowest BCUT2D eigenvalue weighted by Crippen LogP contribution is -2.36. The van der Waals surface area contributed by atoms with Gasteiger partial charge in [0.2, 0.25) is 5.91 Å². The maximum absolute atomic E-state index is 11.6. The fourth-order valence-corrected chi connectivity index (χ4v) is 2.06. The summed E-state index contributed by atoms with van der Waals surface area (Å²) in [7, 11) is 1.62. The first kappa shape index (κ1) is 13.7. The second-order valence-corrected chi connectivity index (χ2v) is 4.38. The fourth-order valence-electron chi connectivity index (χ4n) is 2.06. The summed E-state index contributed by atoms with van der Waals surface area (Å²) >= 11 is 0. The number of benzene rings is 1. The molecule has 104 valence electrons. The summed E-state index contributed by atoms with van der Waals surface area (Å²) in [5.74, 6) is 0.742. The van der Waals surface area contributed by atoms with E-state index in [1.54, 1.807) is 7.11 Å². The summed E-state index contributed by atoms with van der Waals surface area (Å²) in [6.07, 6.45) is 0.458. The number of carbonyl (C=O) groups is 1. The van der Waals surface area contributed by atoms with E-state index < -0.39 is 0 Å². The van der Waals surface area contributed by atoms with Crippen molar-refractivity contribution in [2.45, 2.75) is 13.3 Å². The number of methoxy groups -OCH3 is 1. The summed E-state index contributed by atoms with van der Waals surface area (Å²) in [4.78, 5) is 13.8. The van der Waals surface area contributed by atoms with E-state index in [0.717, 1.165) is 30.2 Å². The Morgan fingerprint density at radius 2 is 2.16 bits per heavy atom. The summed E-state index contributed by atoms with van der Waals surface area (Å²) in [6, 6.07) is 5.75. The Kier molecular flexibility index (Phi) is 4.63. The molecule has 0 saturated carbocycles. The van der Waals surface area contributed by atoms with Crippen LogP contribution in [0.2, 0.25) is 0 Å². The average Bonchev–Trinajstić information content (AvgIpc) is 2.48. The second-order valence-electron chi connectivity index (χ2n) is 4.38. The fraction of sp³-hybridized carbons (Fsp3) is 0.500. The minimum atomic E-state index is 0.00256. The molecule has 19 heavy (non-hydrogen) atoms. The van der Waals surface area contributed by atoms with Gasteiger partial charge in [0.25, 0.3) is 0 Å². The molecule has 0 aromatic heterocycles. The molecule has 1 N–H and O–H groups in total. The van der Waals surface area contributed by atoms with Gasteiger partial charge in [0.15, 0.2) is 0 Å². The number of hydrogen-bond acceptors (Lipinski definition) is 4. The molecule has 5 nitrogen and oxygen atoms in total. The van der Waals surface area contributed by atoms with Crippen molar-refractivity contribution in [2.75, 3.05) is 43.6 Å². The summed E-state index contributed by atoms with van der Waals surface area (Å²) in [6.45, 7) is 4.94. The molecule has 1 aliphatic rings. The van der Waals surface area contributed by atoms with Crippen LogP contribution in [0.4, 0.5) is 11.4 Å². The van der Waals surface area contributed by atoms with E-state index in [1.165, 1.54) is 0 Å². The van der Waals surface area contributed by atoms with Crippen LogP contribution in [0.15, 0.2) is 18.2 Å². The van der Waals surface area contributed by atoms with Gasteiger partial charge in [0.1, 0.15) is 5.75 Å². The van der Waals surface area contributed by atoms with Crippen molar-refractivity contribution in [1.29, 1.82) is 0 Å². The monoisotopic (exact) mass is 264 g/mol. The topological polar surface area (TPSA) is 50.8 Å². The van der Waals surface area contributed by atoms with Crippen LogP contribution in [0.1, 0.15) is 13.3 Å². The SMILES string of the molecule is CCC(=O)Nc1cc(OC)ccc1N1CCOCC1. The molecule has 0 unspecified atom stereocenters. The lowest BCUT2D eigenvalue weighted by atomic mass is 10.2. The van der Waals surface area contributed by atoms with Crippen molar-refractivity contribution in [1.82, 2.24) is 0 Å². The molecule has 1 heterocycles. The molecule has 0 atom stereocenters. The Balaban J connectivity index is 2.26. The van der Waals surface area contributed by atoms with Gasteiger partial charge in [0, 0.05) is 25.6 Å². The molecule has 1 amide bonds. The van der Waals surface area contributed by atoms with Crippen LogP contribution in [-0.2, 0) is 9.53 Å². The van der Waals surface area contributed by atoms with E-state index in [-0.39, 0.29) is 5.91 Å². The molecule has 1 aliphatic heterocycles. The predicted molar refractivity (Wildman–Crippen MR) is 74.9 cm³/mol. The summed E-state index contributed by atoms with van der Waals surface area (Å²) in [5.41, 5.74) is 1.82. The van der Waals surface area contributed by atoms with Crippen LogP contribution in [0.3, 0.4) is 0 Å². The van der Waals surface area contributed by atoms with Gasteiger partial charge >= 0.3 is 0 Å². The van der Waals surface area contributed by atoms with Gasteiger partial charge in [-0.05, 0) is 12.1 Å². The lowest BCUT2D eigenvalue weighted by molar-refractivity contribution is -0.115. The highest BCUT2D eigenvalue weighted by Crippen LogP contribution is 2.30. The van der Waals surface area contributed by atoms with Gasteiger partial charge in [-0.1, -0.05) is 6.92 Å². The minimum absolute atomic E-state index is 0.00256. The van der Waals surface area contributed by atoms with Crippen LogP contribution in [0, 0.1) is 0 Å². The standard InChI is InChI=1S/C14H20N2O3/c1-3-14(17)15-12-10-11(18-2)4-5-13(12)16-6-8-19-9-7-16/h4-5,10H,3,6-9H2,1-2H3,(H,15,17). The van der Waals surface area contributed by atoms with Crippen LogP contribution in [0.25, 0.3) is 0 Å². The first-order valence-corrected chi connectivity index (χ1v) is 6.55. The predicted octanol–water partition coefficient (Wildman–Crippen LogP) is 1.88. The molecule has 5 heteroatoms. The lowest BCUT2D eigenvalue weighted by Gasteiger charge is -2.30. The normalized spacial score (nSPS) is 15.2. The highest BCUT2D eigenvalue weighted by atomic mass is 16.5. The molecule has 0 bridgehead atoms. The van der Waals surface area contributed by atoms with Crippen LogP contribution in [0.5, 0.6) is 5.75 Å². The third kappa shape index (κ3) is 3.38. The van der Waals surface area contributed by atoms with Crippen molar-refractivity contribution < 1.29 is 14.3 Å². The Bertz CT molecular complexity index is 442. The van der Waals surface area contributed by atoms with Gasteiger partial charge in [0.05, 0.1) is 31.7 Å². The van der Waals surface area contributed by atoms with E-state index in [2.05, 4.69) is 10.2 Å². The molecular weight excluding hydrogens is 244 g/mol. The van der Waals surface area contributed by atoms with E-state index in [9.17, 15) is 4.79 Å². The summed E-state index contributed by atoms with van der Waals surface area (Å²) in [5, 5.41) is 2.93. The van der Waals surface area contributed by atoms with Crippen LogP contribution >= 0.6 is 0 Å². The maximum atomic E-state index is 11.6. The van der Waals surface area contributed by atoms with E-state index in [1.807, 2.05) is 25.1 Å². The molecule has 1 fully saturated rings. The quantitative estimate of drug-likeness (QED) is 0.902. The molecule has 1 saturated heterocycles. The third-order valence-electron chi connectivity index (χ3n) is 3.15. The smallest absolute Gasteiger partial charge is 0.224 e. The number of nitrogens with zero attached hydrogens (tertiary/aromatic N) is 1. The molecular formula is C14H20N2O3. The van der Waals surface area contributed by atoms with Crippen molar-refractivity contribution in [3.05, 3.63) is 18.2 Å². The maximum Gasteiger partial charge on any atom is 0.224 e. The Morgan fingerprint density at radius 1 is 1.42 bits per heavy atom. The van der Waals surface area contributed by atoms with E-state index in [0.29, 0.717) is 19.6 Å². The van der Waals surface area contributed by atoms with Gasteiger partial charge in [-0.25, -0.2) is 0 Å². The van der Waals surface area contributed by atoms with E-state index in [4.69, 9.17) is 9.47 Å². The zero-order chi connectivity index (χ0) is 13.7. The number of morpholine rings is 1. The zero-order valence-electron chi connectivity index (χ0n) is 11.4. The zero-order valence-corrected chi connectivity index (χ0v) is 11.4. The number of nitrogens with one attached hydrogen (secondary N) is 1. The number of hydrogen-bond donors (Lipinski definition) is 1. The third-order valence-corrected chi connectivity index (χ3v) is 3.15. The Labute approximate surface area is 113 Å². The first-order valence-electron chi connectivity index (χ1n) is 6.55. The molecule has 0 radical (unpaired) electrons. The van der Waals surface area contributed by atoms with Gasteiger partial charge in [-0.2, -0.15) is 0 Å². The molecule has 1 aromatic carbocycles. The average molecular weight is 264 g/mol. The molecule has 1 aromatic rings. The number of amides is 1.